The highest BCUT2D eigenvalue weighted by Crippen LogP contribution is 2.21. The lowest BCUT2D eigenvalue weighted by Crippen LogP contribution is -2.30. The van der Waals surface area contributed by atoms with Gasteiger partial charge in [-0.1, -0.05) is 17.7 Å². The summed E-state index contributed by atoms with van der Waals surface area (Å²) in [6.07, 6.45) is 0. The molecule has 0 aliphatic carbocycles. The maximum atomic E-state index is 11.9. The zero-order chi connectivity index (χ0) is 13.7. The van der Waals surface area contributed by atoms with E-state index in [2.05, 4.69) is 4.90 Å². The van der Waals surface area contributed by atoms with Crippen LogP contribution in [0.15, 0.2) is 29.2 Å². The Balaban J connectivity index is 1.85. The summed E-state index contributed by atoms with van der Waals surface area (Å²) < 4.78 is 28.9. The van der Waals surface area contributed by atoms with Crippen LogP contribution in [0.3, 0.4) is 0 Å². The van der Waals surface area contributed by atoms with Crippen molar-refractivity contribution in [1.29, 1.82) is 0 Å². The number of rotatable bonds is 5. The Morgan fingerprint density at radius 1 is 1.21 bits per heavy atom. The van der Waals surface area contributed by atoms with Gasteiger partial charge in [0.2, 0.25) is 0 Å². The van der Waals surface area contributed by atoms with Crippen LogP contribution in [0.4, 0.5) is 0 Å². The smallest absolute Gasteiger partial charge is 0.283 e. The average molecular weight is 319 g/mol. The molecule has 0 atom stereocenters. The van der Waals surface area contributed by atoms with Gasteiger partial charge in [0.1, 0.15) is 0 Å². The van der Waals surface area contributed by atoms with Crippen LogP contribution in [0.1, 0.15) is 5.56 Å². The molecule has 0 radical (unpaired) electrons. The van der Waals surface area contributed by atoms with E-state index in [1.165, 1.54) is 0 Å². The van der Waals surface area contributed by atoms with E-state index in [0.717, 1.165) is 22.4 Å². The minimum atomic E-state index is -3.62. The number of hydrogen-bond donors (Lipinski definition) is 0. The topological polar surface area (TPSA) is 46.6 Å². The van der Waals surface area contributed by atoms with Gasteiger partial charge < -0.3 is 0 Å². The molecule has 106 valence electrons. The Labute approximate surface area is 123 Å². The maximum Gasteiger partial charge on any atom is 0.297 e. The summed E-state index contributed by atoms with van der Waals surface area (Å²) in [7, 11) is -3.62. The van der Waals surface area contributed by atoms with Crippen LogP contribution in [0, 0.1) is 6.92 Å². The third kappa shape index (κ3) is 4.68. The molecule has 2 rings (SSSR count). The lowest BCUT2D eigenvalue weighted by atomic mass is 10.2. The molecule has 1 aliphatic rings. The minimum absolute atomic E-state index is 0.206. The SMILES string of the molecule is Cc1ccc(S(=O)(=O)OCCN2CSCSC2)cc1. The fourth-order valence-electron chi connectivity index (χ4n) is 1.61. The molecule has 0 N–H and O–H groups in total. The first-order valence-corrected chi connectivity index (χ1v) is 9.64. The van der Waals surface area contributed by atoms with Crippen LogP contribution in [0.25, 0.3) is 0 Å². The second kappa shape index (κ2) is 6.99. The monoisotopic (exact) mass is 319 g/mol. The highest BCUT2D eigenvalue weighted by Gasteiger charge is 2.16. The summed E-state index contributed by atoms with van der Waals surface area (Å²) in [5.41, 5.74) is 1.03. The summed E-state index contributed by atoms with van der Waals surface area (Å²) in [5, 5.41) is 1.11. The zero-order valence-corrected chi connectivity index (χ0v) is 13.2. The lowest BCUT2D eigenvalue weighted by molar-refractivity contribution is 0.255. The van der Waals surface area contributed by atoms with Gasteiger partial charge in [0, 0.05) is 23.4 Å². The van der Waals surface area contributed by atoms with E-state index in [9.17, 15) is 8.42 Å². The molecule has 4 nitrogen and oxygen atoms in total. The summed E-state index contributed by atoms with van der Waals surface area (Å²) in [5.74, 6) is 1.89. The molecule has 0 unspecified atom stereocenters. The van der Waals surface area contributed by atoms with E-state index in [0.29, 0.717) is 6.54 Å². The van der Waals surface area contributed by atoms with Crippen molar-refractivity contribution < 1.29 is 12.6 Å². The predicted octanol–water partition coefficient (Wildman–Crippen LogP) is 2.35. The first-order valence-electron chi connectivity index (χ1n) is 5.92. The van der Waals surface area contributed by atoms with Crippen LogP contribution >= 0.6 is 23.5 Å². The summed E-state index contributed by atoms with van der Waals surface area (Å²) in [4.78, 5) is 2.41. The second-order valence-electron chi connectivity index (χ2n) is 4.27. The first kappa shape index (κ1) is 15.2. The molecule has 1 heterocycles. The molecular weight excluding hydrogens is 302 g/mol. The van der Waals surface area contributed by atoms with Crippen molar-refractivity contribution >= 4 is 33.6 Å². The molecule has 0 saturated carbocycles. The van der Waals surface area contributed by atoms with Gasteiger partial charge in [-0.2, -0.15) is 8.42 Å². The molecule has 1 aromatic rings. The predicted molar refractivity (Wildman–Crippen MR) is 80.8 cm³/mol. The number of nitrogens with zero attached hydrogens (tertiary/aromatic N) is 1. The van der Waals surface area contributed by atoms with Crippen molar-refractivity contribution in [3.05, 3.63) is 29.8 Å². The van der Waals surface area contributed by atoms with E-state index in [-0.39, 0.29) is 11.5 Å². The van der Waals surface area contributed by atoms with Crippen molar-refractivity contribution in [3.63, 3.8) is 0 Å². The summed E-state index contributed by atoms with van der Waals surface area (Å²) in [6, 6.07) is 6.71. The van der Waals surface area contributed by atoms with Gasteiger partial charge in [0.25, 0.3) is 10.1 Å². The highest BCUT2D eigenvalue weighted by atomic mass is 32.2. The quantitative estimate of drug-likeness (QED) is 0.777. The van der Waals surface area contributed by atoms with Crippen molar-refractivity contribution in [2.75, 3.05) is 30.0 Å². The normalized spacial score (nSPS) is 17.5. The Morgan fingerprint density at radius 2 is 1.84 bits per heavy atom. The van der Waals surface area contributed by atoms with Crippen molar-refractivity contribution in [1.82, 2.24) is 4.90 Å². The molecular formula is C12H17NO3S3. The van der Waals surface area contributed by atoms with E-state index < -0.39 is 10.1 Å². The van der Waals surface area contributed by atoms with E-state index in [1.54, 1.807) is 24.3 Å². The molecule has 19 heavy (non-hydrogen) atoms. The number of aryl methyl sites for hydroxylation is 1. The number of hydrogen-bond acceptors (Lipinski definition) is 6. The van der Waals surface area contributed by atoms with Crippen molar-refractivity contribution in [2.24, 2.45) is 0 Å². The summed E-state index contributed by atoms with van der Waals surface area (Å²) >= 11 is 3.69. The molecule has 7 heteroatoms. The lowest BCUT2D eigenvalue weighted by Gasteiger charge is -2.25. The maximum absolute atomic E-state index is 11.9. The van der Waals surface area contributed by atoms with Crippen molar-refractivity contribution in [2.45, 2.75) is 11.8 Å². The van der Waals surface area contributed by atoms with Gasteiger partial charge in [-0.3, -0.25) is 9.08 Å². The molecule has 0 aromatic heterocycles. The Kier molecular flexibility index (Phi) is 5.58. The van der Waals surface area contributed by atoms with Crippen LogP contribution in [-0.4, -0.2) is 43.3 Å². The van der Waals surface area contributed by atoms with Gasteiger partial charge in [-0.25, -0.2) is 0 Å². The van der Waals surface area contributed by atoms with Crippen LogP contribution in [0.2, 0.25) is 0 Å². The van der Waals surface area contributed by atoms with Crippen LogP contribution in [0.5, 0.6) is 0 Å². The van der Waals surface area contributed by atoms with Gasteiger partial charge in [0.05, 0.1) is 11.5 Å². The molecule has 1 fully saturated rings. The van der Waals surface area contributed by atoms with Gasteiger partial charge in [-0.05, 0) is 19.1 Å². The zero-order valence-electron chi connectivity index (χ0n) is 10.7. The number of thioether (sulfide) groups is 2. The molecule has 0 spiro atoms. The molecule has 0 bridgehead atoms. The molecule has 1 aliphatic heterocycles. The second-order valence-corrected chi connectivity index (χ2v) is 8.16. The van der Waals surface area contributed by atoms with Gasteiger partial charge in [0.15, 0.2) is 0 Å². The van der Waals surface area contributed by atoms with E-state index in [1.807, 2.05) is 30.4 Å². The molecule has 1 aromatic carbocycles. The average Bonchev–Trinajstić information content (AvgIpc) is 2.40. The molecule has 1 saturated heterocycles. The van der Waals surface area contributed by atoms with Crippen LogP contribution < -0.4 is 0 Å². The van der Waals surface area contributed by atoms with Crippen molar-refractivity contribution in [3.8, 4) is 0 Å². The van der Waals surface area contributed by atoms with Gasteiger partial charge >= 0.3 is 0 Å². The largest absolute Gasteiger partial charge is 0.297 e. The van der Waals surface area contributed by atoms with Crippen LogP contribution in [-0.2, 0) is 14.3 Å². The first-order chi connectivity index (χ1) is 9.08. The van der Waals surface area contributed by atoms with E-state index in [4.69, 9.17) is 4.18 Å². The standard InChI is InChI=1S/C12H17NO3S3/c1-11-2-4-12(5-3-11)19(14,15)16-7-6-13-8-17-10-18-9-13/h2-5H,6-10H2,1H3. The molecule has 0 amide bonds. The fourth-order valence-corrected chi connectivity index (χ4v) is 4.65. The van der Waals surface area contributed by atoms with Gasteiger partial charge in [-0.15, -0.1) is 23.5 Å². The minimum Gasteiger partial charge on any atom is -0.283 e. The fraction of sp³-hybridized carbons (Fsp3) is 0.500. The summed E-state index contributed by atoms with van der Waals surface area (Å²) in [6.45, 7) is 2.77. The van der Waals surface area contributed by atoms with E-state index >= 15 is 0 Å². The Bertz CT molecular complexity index is 495. The number of benzene rings is 1. The Hall–Kier alpha value is -0.210. The Morgan fingerprint density at radius 3 is 2.47 bits per heavy atom. The highest BCUT2D eigenvalue weighted by molar-refractivity contribution is 8.16. The third-order valence-electron chi connectivity index (χ3n) is 2.67. The third-order valence-corrected chi connectivity index (χ3v) is 6.43.